The van der Waals surface area contributed by atoms with Gasteiger partial charge in [-0.05, 0) is 37.0 Å². The van der Waals surface area contributed by atoms with Crippen molar-refractivity contribution in [1.82, 2.24) is 0 Å². The molecule has 0 amide bonds. The van der Waals surface area contributed by atoms with Gasteiger partial charge in [0.25, 0.3) is 0 Å². The number of fused-ring (bicyclic) bond motifs is 2. The van der Waals surface area contributed by atoms with E-state index in [0.717, 1.165) is 12.3 Å². The van der Waals surface area contributed by atoms with E-state index < -0.39 is 5.60 Å². The standard InChI is InChI=1S/C10H19NO/c1-9(2)6-4-7(9)10(3,12)8(11)5-6/h6-8,12H,4-5,11H2,1-3H3/t6-,7-,8-,10-/m1/s1. The van der Waals surface area contributed by atoms with Gasteiger partial charge < -0.3 is 10.8 Å². The maximum atomic E-state index is 10.2. The van der Waals surface area contributed by atoms with Gasteiger partial charge in [0, 0.05) is 6.04 Å². The van der Waals surface area contributed by atoms with Gasteiger partial charge in [-0.3, -0.25) is 0 Å². The van der Waals surface area contributed by atoms with Crippen LogP contribution in [0.3, 0.4) is 0 Å². The Morgan fingerprint density at radius 2 is 1.83 bits per heavy atom. The molecule has 0 aliphatic heterocycles. The van der Waals surface area contributed by atoms with Crippen molar-refractivity contribution in [2.45, 2.75) is 45.3 Å². The molecule has 3 saturated carbocycles. The molecule has 3 rings (SSSR count). The summed E-state index contributed by atoms with van der Waals surface area (Å²) < 4.78 is 0. The Kier molecular flexibility index (Phi) is 1.45. The minimum Gasteiger partial charge on any atom is -0.388 e. The molecular formula is C10H19NO. The van der Waals surface area contributed by atoms with Crippen molar-refractivity contribution in [3.05, 3.63) is 0 Å². The molecule has 3 fully saturated rings. The average Bonchev–Trinajstić information content (AvgIpc) is 1.93. The van der Waals surface area contributed by atoms with Crippen LogP contribution in [-0.2, 0) is 0 Å². The summed E-state index contributed by atoms with van der Waals surface area (Å²) >= 11 is 0. The molecule has 2 heteroatoms. The number of hydrogen-bond acceptors (Lipinski definition) is 2. The largest absolute Gasteiger partial charge is 0.388 e. The molecule has 3 N–H and O–H groups in total. The highest BCUT2D eigenvalue weighted by Gasteiger charge is 2.61. The molecule has 3 aliphatic rings. The fourth-order valence-electron chi connectivity index (χ4n) is 3.21. The maximum Gasteiger partial charge on any atom is 0.0803 e. The van der Waals surface area contributed by atoms with Crippen LogP contribution < -0.4 is 5.73 Å². The van der Waals surface area contributed by atoms with Crippen molar-refractivity contribution in [2.24, 2.45) is 23.0 Å². The number of nitrogens with two attached hydrogens (primary N) is 1. The van der Waals surface area contributed by atoms with Crippen LogP contribution in [0.2, 0.25) is 0 Å². The summed E-state index contributed by atoms with van der Waals surface area (Å²) in [6, 6.07) is -0.00530. The summed E-state index contributed by atoms with van der Waals surface area (Å²) in [6.45, 7) is 6.41. The zero-order valence-electron chi connectivity index (χ0n) is 8.17. The zero-order chi connectivity index (χ0) is 9.15. The van der Waals surface area contributed by atoms with E-state index in [1.54, 1.807) is 0 Å². The predicted molar refractivity (Wildman–Crippen MR) is 48.6 cm³/mol. The molecule has 0 heterocycles. The van der Waals surface area contributed by atoms with Crippen LogP contribution in [-0.4, -0.2) is 16.7 Å². The monoisotopic (exact) mass is 169 g/mol. The fourth-order valence-corrected chi connectivity index (χ4v) is 3.21. The Morgan fingerprint density at radius 3 is 2.17 bits per heavy atom. The Labute approximate surface area is 74.1 Å². The molecule has 2 nitrogen and oxygen atoms in total. The summed E-state index contributed by atoms with van der Waals surface area (Å²) in [4.78, 5) is 0. The first-order valence-corrected chi connectivity index (χ1v) is 4.84. The smallest absolute Gasteiger partial charge is 0.0803 e. The van der Waals surface area contributed by atoms with Gasteiger partial charge in [0.05, 0.1) is 5.60 Å². The van der Waals surface area contributed by atoms with Gasteiger partial charge in [0.15, 0.2) is 0 Å². The van der Waals surface area contributed by atoms with Crippen LogP contribution in [0.4, 0.5) is 0 Å². The molecule has 12 heavy (non-hydrogen) atoms. The van der Waals surface area contributed by atoms with Crippen molar-refractivity contribution in [1.29, 1.82) is 0 Å². The van der Waals surface area contributed by atoms with Crippen LogP contribution in [0, 0.1) is 17.3 Å². The lowest BCUT2D eigenvalue weighted by molar-refractivity contribution is -0.202. The number of aliphatic hydroxyl groups is 1. The lowest BCUT2D eigenvalue weighted by Gasteiger charge is -2.64. The highest BCUT2D eigenvalue weighted by molar-refractivity contribution is 5.13. The summed E-state index contributed by atoms with van der Waals surface area (Å²) in [5, 5.41) is 10.2. The molecule has 4 atom stereocenters. The molecule has 3 aliphatic carbocycles. The minimum absolute atomic E-state index is 0.00530. The second-order valence-electron chi connectivity index (χ2n) is 5.37. The van der Waals surface area contributed by atoms with Gasteiger partial charge in [-0.15, -0.1) is 0 Å². The van der Waals surface area contributed by atoms with Crippen molar-refractivity contribution in [3.8, 4) is 0 Å². The van der Waals surface area contributed by atoms with Crippen LogP contribution in [0.25, 0.3) is 0 Å². The van der Waals surface area contributed by atoms with Crippen molar-refractivity contribution in [2.75, 3.05) is 0 Å². The lowest BCUT2D eigenvalue weighted by atomic mass is 9.43. The van der Waals surface area contributed by atoms with Crippen molar-refractivity contribution < 1.29 is 5.11 Å². The van der Waals surface area contributed by atoms with E-state index in [0.29, 0.717) is 11.3 Å². The molecule has 2 bridgehead atoms. The minimum atomic E-state index is -0.627. The quantitative estimate of drug-likeness (QED) is 0.571. The summed E-state index contributed by atoms with van der Waals surface area (Å²) in [7, 11) is 0. The van der Waals surface area contributed by atoms with Gasteiger partial charge in [0.1, 0.15) is 0 Å². The van der Waals surface area contributed by atoms with E-state index in [1.165, 1.54) is 6.42 Å². The molecule has 0 radical (unpaired) electrons. The van der Waals surface area contributed by atoms with Gasteiger partial charge in [-0.2, -0.15) is 0 Å². The summed E-state index contributed by atoms with van der Waals surface area (Å²) in [5.74, 6) is 1.16. The van der Waals surface area contributed by atoms with E-state index in [4.69, 9.17) is 5.73 Å². The van der Waals surface area contributed by atoms with E-state index >= 15 is 0 Å². The molecule has 0 unspecified atom stereocenters. The van der Waals surface area contributed by atoms with E-state index in [-0.39, 0.29) is 6.04 Å². The summed E-state index contributed by atoms with van der Waals surface area (Å²) in [6.07, 6.45) is 2.17. The lowest BCUT2D eigenvalue weighted by Crippen LogP contribution is -2.68. The van der Waals surface area contributed by atoms with Crippen LogP contribution in [0.5, 0.6) is 0 Å². The SMILES string of the molecule is CC1(C)[C@H]2C[C@@H](N)[C@](C)(O)[C@@H]1C2. The number of hydrogen-bond donors (Lipinski definition) is 2. The van der Waals surface area contributed by atoms with E-state index in [1.807, 2.05) is 6.92 Å². The molecular weight excluding hydrogens is 150 g/mol. The Morgan fingerprint density at radius 1 is 1.25 bits per heavy atom. The van der Waals surface area contributed by atoms with Gasteiger partial charge in [-0.25, -0.2) is 0 Å². The zero-order valence-corrected chi connectivity index (χ0v) is 8.17. The van der Waals surface area contributed by atoms with Crippen LogP contribution in [0.1, 0.15) is 33.6 Å². The van der Waals surface area contributed by atoms with Gasteiger partial charge >= 0.3 is 0 Å². The molecule has 0 aromatic carbocycles. The Balaban J connectivity index is 2.27. The Bertz CT molecular complexity index is 210. The van der Waals surface area contributed by atoms with E-state index in [2.05, 4.69) is 13.8 Å². The first-order chi connectivity index (χ1) is 5.37. The first kappa shape index (κ1) is 8.52. The topological polar surface area (TPSA) is 46.2 Å². The van der Waals surface area contributed by atoms with Crippen LogP contribution in [0.15, 0.2) is 0 Å². The normalized spacial score (nSPS) is 56.2. The third kappa shape index (κ3) is 0.775. The van der Waals surface area contributed by atoms with Gasteiger partial charge in [-0.1, -0.05) is 13.8 Å². The molecule has 0 saturated heterocycles. The molecule has 0 spiro atoms. The van der Waals surface area contributed by atoms with Gasteiger partial charge in [0.2, 0.25) is 0 Å². The highest BCUT2D eigenvalue weighted by Crippen LogP contribution is 2.62. The third-order valence-electron chi connectivity index (χ3n) is 4.47. The second kappa shape index (κ2) is 2.05. The van der Waals surface area contributed by atoms with Crippen molar-refractivity contribution >= 4 is 0 Å². The predicted octanol–water partition coefficient (Wildman–Crippen LogP) is 1.13. The molecule has 0 aromatic rings. The Hall–Kier alpha value is -0.0800. The summed E-state index contributed by atoms with van der Waals surface area (Å²) in [5.41, 5.74) is 5.60. The fraction of sp³-hybridized carbons (Fsp3) is 1.00. The molecule has 70 valence electrons. The average molecular weight is 169 g/mol. The van der Waals surface area contributed by atoms with E-state index in [9.17, 15) is 5.11 Å². The third-order valence-corrected chi connectivity index (χ3v) is 4.47. The first-order valence-electron chi connectivity index (χ1n) is 4.84. The maximum absolute atomic E-state index is 10.2. The molecule has 0 aromatic heterocycles. The van der Waals surface area contributed by atoms with Crippen molar-refractivity contribution in [3.63, 3.8) is 0 Å². The number of rotatable bonds is 0. The van der Waals surface area contributed by atoms with Crippen LogP contribution >= 0.6 is 0 Å². The second-order valence-corrected chi connectivity index (χ2v) is 5.37. The highest BCUT2D eigenvalue weighted by atomic mass is 16.3.